The molecule has 6 nitrogen and oxygen atoms in total. The molecule has 0 aliphatic rings. The third kappa shape index (κ3) is 6.40. The average Bonchev–Trinajstić information content (AvgIpc) is 2.40. The van der Waals surface area contributed by atoms with Crippen molar-refractivity contribution in [3.8, 4) is 5.75 Å². The summed E-state index contributed by atoms with van der Waals surface area (Å²) in [7, 11) is 2.95. The van der Waals surface area contributed by atoms with Crippen molar-refractivity contribution < 1.29 is 19.1 Å². The van der Waals surface area contributed by atoms with Crippen molar-refractivity contribution in [2.45, 2.75) is 0 Å². The first kappa shape index (κ1) is 16.3. The zero-order valence-corrected chi connectivity index (χ0v) is 12.1. The van der Waals surface area contributed by atoms with E-state index in [1.807, 2.05) is 0 Å². The number of likely N-dealkylation sites (N-methyl/N-ethyl adjacent to an activating group) is 1. The fourth-order valence-corrected chi connectivity index (χ4v) is 1.50. The molecule has 20 heavy (non-hydrogen) atoms. The van der Waals surface area contributed by atoms with Gasteiger partial charge < -0.3 is 9.47 Å². The highest BCUT2D eigenvalue weighted by atomic mass is 35.5. The maximum absolute atomic E-state index is 11.4. The van der Waals surface area contributed by atoms with Crippen molar-refractivity contribution in [2.24, 2.45) is 0 Å². The van der Waals surface area contributed by atoms with Crippen molar-refractivity contribution in [2.75, 3.05) is 33.9 Å². The number of benzene rings is 1. The van der Waals surface area contributed by atoms with Crippen LogP contribution in [0.2, 0.25) is 5.02 Å². The summed E-state index contributed by atoms with van der Waals surface area (Å²) in [5, 5.41) is 2.72. The number of halogens is 1. The number of methoxy groups -OCH3 is 1. The Bertz CT molecular complexity index is 450. The first-order valence-electron chi connectivity index (χ1n) is 5.96. The summed E-state index contributed by atoms with van der Waals surface area (Å²) in [4.78, 5) is 23.9. The lowest BCUT2D eigenvalue weighted by Crippen LogP contribution is -2.39. The van der Waals surface area contributed by atoms with Crippen LogP contribution in [0, 0.1) is 0 Å². The number of rotatable bonds is 6. The van der Waals surface area contributed by atoms with Gasteiger partial charge in [0.1, 0.15) is 12.4 Å². The van der Waals surface area contributed by atoms with Crippen LogP contribution < -0.4 is 10.1 Å². The van der Waals surface area contributed by atoms with E-state index in [9.17, 15) is 9.59 Å². The van der Waals surface area contributed by atoms with Gasteiger partial charge in [0.15, 0.2) is 0 Å². The van der Waals surface area contributed by atoms with Gasteiger partial charge in [-0.25, -0.2) is 4.79 Å². The Balaban J connectivity index is 2.22. The molecular formula is C13H17ClN2O4. The van der Waals surface area contributed by atoms with Gasteiger partial charge in [0.05, 0.1) is 13.7 Å². The number of carbonyl (C=O) groups is 2. The van der Waals surface area contributed by atoms with Crippen LogP contribution in [0.15, 0.2) is 24.3 Å². The van der Waals surface area contributed by atoms with Crippen LogP contribution in [0.4, 0.5) is 4.79 Å². The summed E-state index contributed by atoms with van der Waals surface area (Å²) in [6.45, 7) is 1.04. The molecule has 110 valence electrons. The fraction of sp³-hybridized carbons (Fsp3) is 0.385. The van der Waals surface area contributed by atoms with Gasteiger partial charge in [-0.1, -0.05) is 11.6 Å². The van der Waals surface area contributed by atoms with E-state index < -0.39 is 12.0 Å². The maximum atomic E-state index is 11.4. The normalized spacial score (nSPS) is 10.2. The molecule has 0 radical (unpaired) electrons. The van der Waals surface area contributed by atoms with Gasteiger partial charge in [-0.2, -0.15) is 0 Å². The van der Waals surface area contributed by atoms with Gasteiger partial charge in [-0.3, -0.25) is 15.0 Å². The second kappa shape index (κ2) is 8.39. The Hall–Kier alpha value is -1.79. The van der Waals surface area contributed by atoms with Gasteiger partial charge in [0.25, 0.3) is 0 Å². The molecule has 0 saturated heterocycles. The molecule has 0 heterocycles. The number of hydrogen-bond acceptors (Lipinski definition) is 5. The van der Waals surface area contributed by atoms with E-state index in [0.29, 0.717) is 23.9 Å². The predicted molar refractivity (Wildman–Crippen MR) is 75.0 cm³/mol. The van der Waals surface area contributed by atoms with E-state index >= 15 is 0 Å². The number of hydrogen-bond donors (Lipinski definition) is 1. The van der Waals surface area contributed by atoms with E-state index in [-0.39, 0.29) is 6.54 Å². The molecule has 1 aromatic rings. The maximum Gasteiger partial charge on any atom is 0.413 e. The van der Waals surface area contributed by atoms with Crippen LogP contribution in [0.5, 0.6) is 5.75 Å². The van der Waals surface area contributed by atoms with Gasteiger partial charge in [0, 0.05) is 11.6 Å². The topological polar surface area (TPSA) is 67.9 Å². The predicted octanol–water partition coefficient (Wildman–Crippen LogP) is 1.53. The van der Waals surface area contributed by atoms with Crippen molar-refractivity contribution in [1.29, 1.82) is 0 Å². The molecule has 2 amide bonds. The lowest BCUT2D eigenvalue weighted by molar-refractivity contribution is -0.121. The van der Waals surface area contributed by atoms with Crippen LogP contribution in [0.25, 0.3) is 0 Å². The van der Waals surface area contributed by atoms with Gasteiger partial charge in [-0.05, 0) is 31.3 Å². The zero-order chi connectivity index (χ0) is 15.0. The smallest absolute Gasteiger partial charge is 0.413 e. The number of alkyl carbamates (subject to hydrolysis) is 1. The van der Waals surface area contributed by atoms with E-state index in [1.165, 1.54) is 7.11 Å². The summed E-state index contributed by atoms with van der Waals surface area (Å²) < 4.78 is 9.82. The second-order valence-electron chi connectivity index (χ2n) is 4.08. The van der Waals surface area contributed by atoms with E-state index in [4.69, 9.17) is 16.3 Å². The minimum absolute atomic E-state index is 0.0824. The molecule has 0 spiro atoms. The Morgan fingerprint density at radius 1 is 1.30 bits per heavy atom. The molecule has 1 rings (SSSR count). The molecular weight excluding hydrogens is 284 g/mol. The standard InChI is InChI=1S/C13H17ClN2O4/c1-16(9-12(17)15-13(18)19-2)7-8-20-11-5-3-10(14)4-6-11/h3-6H,7-9H2,1-2H3,(H,15,17,18). The first-order chi connectivity index (χ1) is 9.51. The Kier molecular flexibility index (Phi) is 6.83. The molecule has 0 saturated carbocycles. The molecule has 0 fully saturated rings. The molecule has 1 aromatic carbocycles. The quantitative estimate of drug-likeness (QED) is 0.863. The van der Waals surface area contributed by atoms with Gasteiger partial charge >= 0.3 is 6.09 Å². The fourth-order valence-electron chi connectivity index (χ4n) is 1.38. The van der Waals surface area contributed by atoms with Crippen LogP contribution in [-0.2, 0) is 9.53 Å². The zero-order valence-electron chi connectivity index (χ0n) is 11.4. The van der Waals surface area contributed by atoms with Gasteiger partial charge in [-0.15, -0.1) is 0 Å². The molecule has 0 aliphatic carbocycles. The Morgan fingerprint density at radius 3 is 2.55 bits per heavy atom. The van der Waals surface area contributed by atoms with Crippen molar-refractivity contribution in [3.05, 3.63) is 29.3 Å². The van der Waals surface area contributed by atoms with Crippen molar-refractivity contribution in [1.82, 2.24) is 10.2 Å². The number of carbonyl (C=O) groups excluding carboxylic acids is 2. The lowest BCUT2D eigenvalue weighted by Gasteiger charge is -2.16. The largest absolute Gasteiger partial charge is 0.492 e. The first-order valence-corrected chi connectivity index (χ1v) is 6.33. The van der Waals surface area contributed by atoms with E-state index in [1.54, 1.807) is 36.2 Å². The van der Waals surface area contributed by atoms with E-state index in [2.05, 4.69) is 10.1 Å². The van der Waals surface area contributed by atoms with Crippen LogP contribution in [-0.4, -0.2) is 50.8 Å². The summed E-state index contributed by atoms with van der Waals surface area (Å²) >= 11 is 5.76. The molecule has 7 heteroatoms. The number of nitrogens with zero attached hydrogens (tertiary/aromatic N) is 1. The number of imide groups is 1. The Morgan fingerprint density at radius 2 is 1.95 bits per heavy atom. The molecule has 0 bridgehead atoms. The van der Waals surface area contributed by atoms with Crippen LogP contribution in [0.1, 0.15) is 0 Å². The minimum Gasteiger partial charge on any atom is -0.492 e. The average molecular weight is 301 g/mol. The number of ether oxygens (including phenoxy) is 2. The number of nitrogens with one attached hydrogen (secondary N) is 1. The van der Waals surface area contributed by atoms with Crippen LogP contribution >= 0.6 is 11.6 Å². The molecule has 0 aliphatic heterocycles. The summed E-state index contributed by atoms with van der Waals surface area (Å²) in [5.74, 6) is 0.285. The number of amides is 2. The summed E-state index contributed by atoms with van der Waals surface area (Å²) in [6.07, 6.45) is -0.763. The highest BCUT2D eigenvalue weighted by Gasteiger charge is 2.10. The summed E-state index contributed by atoms with van der Waals surface area (Å²) in [5.41, 5.74) is 0. The summed E-state index contributed by atoms with van der Waals surface area (Å²) in [6, 6.07) is 7.02. The third-order valence-electron chi connectivity index (χ3n) is 2.40. The highest BCUT2D eigenvalue weighted by Crippen LogP contribution is 2.15. The molecule has 0 aromatic heterocycles. The molecule has 1 N–H and O–H groups in total. The Labute approximate surface area is 122 Å². The molecule has 0 atom stereocenters. The van der Waals surface area contributed by atoms with Crippen LogP contribution in [0.3, 0.4) is 0 Å². The minimum atomic E-state index is -0.763. The second-order valence-corrected chi connectivity index (χ2v) is 4.52. The monoisotopic (exact) mass is 300 g/mol. The van der Waals surface area contributed by atoms with Crippen molar-refractivity contribution in [3.63, 3.8) is 0 Å². The van der Waals surface area contributed by atoms with Crippen molar-refractivity contribution >= 4 is 23.6 Å². The highest BCUT2D eigenvalue weighted by molar-refractivity contribution is 6.30. The third-order valence-corrected chi connectivity index (χ3v) is 2.65. The van der Waals surface area contributed by atoms with E-state index in [0.717, 1.165) is 0 Å². The SMILES string of the molecule is COC(=O)NC(=O)CN(C)CCOc1ccc(Cl)cc1. The molecule has 0 unspecified atom stereocenters. The van der Waals surface area contributed by atoms with Gasteiger partial charge in [0.2, 0.25) is 5.91 Å². The lowest BCUT2D eigenvalue weighted by atomic mass is 10.3.